The Morgan fingerprint density at radius 3 is 1.07 bits per heavy atom. The number of anilines is 6. The highest BCUT2D eigenvalue weighted by atomic mass is 17.1. The number of nitrogens with two attached hydrogens (primary N) is 6. The number of ether oxygens (including phenoxy) is 4. The van der Waals surface area contributed by atoms with E-state index in [0.717, 1.165) is 157 Å². The van der Waals surface area contributed by atoms with Crippen LogP contribution in [0.2, 0.25) is 0 Å². The van der Waals surface area contributed by atoms with E-state index in [2.05, 4.69) is 104 Å². The third kappa shape index (κ3) is 23.0. The van der Waals surface area contributed by atoms with Crippen LogP contribution in [-0.2, 0) is 40.1 Å². The van der Waals surface area contributed by atoms with Crippen molar-refractivity contribution in [3.05, 3.63) is 71.3 Å². The fourth-order valence-electron chi connectivity index (χ4n) is 33.3. The lowest BCUT2D eigenvalue weighted by atomic mass is 9.43. The number of hydrogen-bond donors (Lipinski definition) is 8. The van der Waals surface area contributed by atoms with Crippen molar-refractivity contribution in [3.63, 3.8) is 0 Å². The van der Waals surface area contributed by atoms with Gasteiger partial charge in [0.15, 0.2) is 0 Å². The van der Waals surface area contributed by atoms with E-state index in [1.54, 1.807) is 54.6 Å². The lowest BCUT2D eigenvalue weighted by molar-refractivity contribution is -0.297. The summed E-state index contributed by atoms with van der Waals surface area (Å²) in [6.45, 7) is 39.0. The molecule has 0 bridgehead atoms. The topological polar surface area (TPSA) is 303 Å². The second-order valence-corrected chi connectivity index (χ2v) is 48.6. The highest BCUT2D eigenvalue weighted by Gasteiger charge is 2.65. The largest absolute Gasteiger partial charge is 0.462 e. The summed E-state index contributed by atoms with van der Waals surface area (Å²) >= 11 is 0. The van der Waals surface area contributed by atoms with Crippen molar-refractivity contribution in [2.45, 2.75) is 386 Å². The molecule has 29 atom stereocenters. The molecule has 129 heavy (non-hydrogen) atoms. The normalized spacial score (nSPS) is 36.6. The first kappa shape index (κ1) is 101. The van der Waals surface area contributed by atoms with Gasteiger partial charge in [0.25, 0.3) is 0 Å². The highest BCUT2D eigenvalue weighted by molar-refractivity contribution is 5.92. The maximum Gasteiger partial charge on any atom is 0.338 e. The minimum atomic E-state index is -0.423. The summed E-state index contributed by atoms with van der Waals surface area (Å²) in [6.07, 6.45) is 50.3. The van der Waals surface area contributed by atoms with E-state index in [1.165, 1.54) is 193 Å². The second kappa shape index (κ2) is 43.8. The molecule has 3 aromatic rings. The molecule has 0 saturated heterocycles. The quantitative estimate of drug-likeness (QED) is 0.00688. The van der Waals surface area contributed by atoms with E-state index in [-0.39, 0.29) is 56.4 Å². The van der Waals surface area contributed by atoms with Crippen LogP contribution in [-0.4, -0.2) is 66.6 Å². The van der Waals surface area contributed by atoms with Crippen molar-refractivity contribution in [3.8, 4) is 0 Å². The average molecular weight is 1790 g/mol. The molecule has 12 aliphatic rings. The Morgan fingerprint density at radius 1 is 0.349 bits per heavy atom. The molecule has 17 heteroatoms. The number of benzene rings is 3. The van der Waals surface area contributed by atoms with E-state index < -0.39 is 11.9 Å². The molecule has 0 heterocycles. The summed E-state index contributed by atoms with van der Waals surface area (Å²) in [7, 11) is 0. The molecule has 12 saturated carbocycles. The molecule has 12 aliphatic carbocycles. The van der Waals surface area contributed by atoms with Gasteiger partial charge in [0.2, 0.25) is 0 Å². The summed E-state index contributed by atoms with van der Waals surface area (Å²) in [5.74, 6) is 17.5. The van der Waals surface area contributed by atoms with Crippen LogP contribution in [0, 0.1) is 169 Å². The summed E-state index contributed by atoms with van der Waals surface area (Å²) in [6, 6.07) is 14.8. The smallest absolute Gasteiger partial charge is 0.338 e. The Bertz CT molecular complexity index is 4060. The third-order valence-electron chi connectivity index (χ3n) is 40.0. The molecule has 15 rings (SSSR count). The van der Waals surface area contributed by atoms with Crippen LogP contribution in [0.25, 0.3) is 0 Å². The first-order chi connectivity index (χ1) is 61.4. The first-order valence-electron chi connectivity index (χ1n) is 53.1. The summed E-state index contributed by atoms with van der Waals surface area (Å²) in [4.78, 5) is 47.6. The van der Waals surface area contributed by atoms with Gasteiger partial charge in [-0.15, -0.1) is 0 Å². The van der Waals surface area contributed by atoms with Crippen molar-refractivity contribution < 1.29 is 53.6 Å². The zero-order chi connectivity index (χ0) is 92.7. The molecule has 14 N–H and O–H groups in total. The summed E-state index contributed by atoms with van der Waals surface area (Å²) in [5, 5.41) is 19.8. The summed E-state index contributed by atoms with van der Waals surface area (Å²) < 4.78 is 22.7. The maximum atomic E-state index is 12.6. The number of rotatable bonds is 34. The Balaban J connectivity index is 0.000000165. The second-order valence-electron chi connectivity index (χ2n) is 48.6. The minimum absolute atomic E-state index is 0.142. The number of carbonyl (C=O) groups excluding carboxylic acids is 3. The molecule has 3 aromatic carbocycles. The number of carbonyl (C=O) groups is 3. The highest BCUT2D eigenvalue weighted by Crippen LogP contribution is 2.73. The molecule has 726 valence electrons. The van der Waals surface area contributed by atoms with Gasteiger partial charge in [-0.3, -0.25) is 15.3 Å². The zero-order valence-corrected chi connectivity index (χ0v) is 83.4. The Labute approximate surface area is 780 Å². The minimum Gasteiger partial charge on any atom is -0.462 e. The van der Waals surface area contributed by atoms with Crippen LogP contribution in [0.4, 0.5) is 34.1 Å². The fourth-order valence-corrected chi connectivity index (χ4v) is 33.3. The lowest BCUT2D eigenvalue weighted by Gasteiger charge is -2.61. The number of esters is 3. The zero-order valence-electron chi connectivity index (χ0n) is 83.4. The first-order valence-corrected chi connectivity index (χ1v) is 53.1. The molecule has 29 unspecified atom stereocenters. The molecule has 0 aliphatic heterocycles. The predicted molar refractivity (Wildman–Crippen MR) is 526 cm³/mol. The van der Waals surface area contributed by atoms with Crippen LogP contribution >= 0.6 is 0 Å². The Kier molecular flexibility index (Phi) is 34.3. The van der Waals surface area contributed by atoms with E-state index in [0.29, 0.717) is 121 Å². The molecule has 0 radical (unpaired) electrons. The molecule has 0 amide bonds. The van der Waals surface area contributed by atoms with Crippen molar-refractivity contribution in [1.82, 2.24) is 0 Å². The lowest BCUT2D eigenvalue weighted by Crippen LogP contribution is -2.54. The summed E-state index contributed by atoms with van der Waals surface area (Å²) in [5.41, 5.74) is 42.4. The standard InChI is InChI=1S/2C38H62N2O4.C36H58N2O3/c1-24(2)8-6-9-25(3)32-13-14-33-31-12-11-28-20-26(15-17-37(28,4)34(31)16-18-38(32,33)5)35(44-42)10-7-19-43-36(41)27-21-29(39)23-30(40)22-27;1-24(2)7-6-8-25(3)32-11-12-33-31-10-9-28-21-27(15-17-37(28,4)34(31)16-18-38(32,33)5)35(44-42)13-14-36(41)43-23-26-19-29(39)22-30(40)20-26;1-23(2)7-6-8-24(3)31-11-12-32-30-10-9-26-21-29(13-15-35(26,4)33(30)14-16-36(31,32)5)40-17-18-41-34(39)25-19-27(37)22-28(38)20-25/h21-26,28,31-35,42H,6-20,39-40H2,1-5H3;19-20,22,24-25,27-28,31-35,42H,6-18,21,23,39-40H2,1-5H3;19-20,22-24,26,29-33H,6-18,21,37-38H2,1-5H3. The predicted octanol–water partition coefficient (Wildman–Crippen LogP) is 27.2. The third-order valence-corrected chi connectivity index (χ3v) is 40.0. The molecule has 0 aromatic heterocycles. The number of hydrogen-bond acceptors (Lipinski definition) is 17. The van der Waals surface area contributed by atoms with E-state index >= 15 is 0 Å². The van der Waals surface area contributed by atoms with Gasteiger partial charge in [0, 0.05) is 40.5 Å². The van der Waals surface area contributed by atoms with Crippen LogP contribution in [0.15, 0.2) is 54.6 Å². The Hall–Kier alpha value is -5.33. The van der Waals surface area contributed by atoms with Gasteiger partial charge < -0.3 is 53.3 Å². The van der Waals surface area contributed by atoms with Gasteiger partial charge in [0.1, 0.15) is 13.2 Å². The van der Waals surface area contributed by atoms with Crippen LogP contribution < -0.4 is 34.4 Å². The fraction of sp³-hybridized carbons (Fsp3) is 0.812. The van der Waals surface area contributed by atoms with Crippen molar-refractivity contribution in [2.24, 2.45) is 169 Å². The van der Waals surface area contributed by atoms with E-state index in [9.17, 15) is 24.9 Å². The van der Waals surface area contributed by atoms with Gasteiger partial charge in [-0.2, -0.15) is 0 Å². The van der Waals surface area contributed by atoms with Gasteiger partial charge in [-0.1, -0.05) is 162 Å². The van der Waals surface area contributed by atoms with E-state index in [4.69, 9.17) is 63.1 Å². The van der Waals surface area contributed by atoms with Crippen molar-refractivity contribution >= 4 is 52.0 Å². The van der Waals surface area contributed by atoms with Gasteiger partial charge in [-0.05, 0) is 421 Å². The van der Waals surface area contributed by atoms with Gasteiger partial charge in [-0.25, -0.2) is 19.4 Å². The maximum absolute atomic E-state index is 12.6. The Morgan fingerprint density at radius 2 is 0.690 bits per heavy atom. The molecule has 0 spiro atoms. The van der Waals surface area contributed by atoms with Crippen LogP contribution in [0.1, 0.15) is 387 Å². The molecule has 17 nitrogen and oxygen atoms in total. The van der Waals surface area contributed by atoms with Crippen molar-refractivity contribution in [1.29, 1.82) is 0 Å². The molecular formula is C112H182N6O11. The number of nitrogen functional groups attached to an aromatic ring is 6. The molecule has 12 fully saturated rings. The average Bonchev–Trinajstić information content (AvgIpc) is 1.66. The van der Waals surface area contributed by atoms with E-state index in [1.807, 2.05) is 0 Å². The van der Waals surface area contributed by atoms with Crippen molar-refractivity contribution in [2.75, 3.05) is 54.2 Å². The molecular weight excluding hydrogens is 1610 g/mol. The van der Waals surface area contributed by atoms with Gasteiger partial charge in [0.05, 0.1) is 42.7 Å². The number of fused-ring (bicyclic) bond motifs is 15. The SMILES string of the molecule is CC(C)CCCC(C)C1CCC2C3CCC4CC(C(CCC(=O)OCc5cc(N)cc(N)c5)OO)CCC4(C)C3CCC12C.CC(C)CCCC(C)C1CCC2C3CCC4CC(C(CCCOC(=O)c5cc(N)cc(N)c5)OO)CCC4(C)C3CCC12C.CC(C)CCCC(C)C1CCC2C3CCC4CC(OCCOC(=O)c5cc(N)cc(N)c5)CCC4(C)C3CCC12C. The van der Waals surface area contributed by atoms with Crippen LogP contribution in [0.3, 0.4) is 0 Å². The van der Waals surface area contributed by atoms with Gasteiger partial charge >= 0.3 is 17.9 Å². The van der Waals surface area contributed by atoms with Crippen LogP contribution in [0.5, 0.6) is 0 Å². The monoisotopic (exact) mass is 1790 g/mol.